The van der Waals surface area contributed by atoms with E-state index >= 15 is 0 Å². The number of benzene rings is 1. The van der Waals surface area contributed by atoms with E-state index in [2.05, 4.69) is 6.07 Å². The molecule has 1 atom stereocenters. The minimum absolute atomic E-state index is 0.0645. The van der Waals surface area contributed by atoms with Gasteiger partial charge in [-0.3, -0.25) is 4.79 Å². The molecule has 0 heterocycles. The van der Waals surface area contributed by atoms with Crippen LogP contribution in [0.15, 0.2) is 12.1 Å². The van der Waals surface area contributed by atoms with Crippen molar-refractivity contribution in [1.29, 1.82) is 5.26 Å². The fraction of sp³-hybridized carbons (Fsp3) is 0.429. The molecule has 16 heavy (non-hydrogen) atoms. The minimum Gasteiger partial charge on any atom is -0.294 e. The lowest BCUT2D eigenvalue weighted by atomic mass is 9.94. The molecule has 0 radical (unpaired) electrons. The van der Waals surface area contributed by atoms with Gasteiger partial charge in [0.1, 0.15) is 0 Å². The van der Waals surface area contributed by atoms with Crippen LogP contribution >= 0.6 is 0 Å². The lowest BCUT2D eigenvalue weighted by Gasteiger charge is -2.09. The van der Waals surface area contributed by atoms with Crippen LogP contribution in [0.25, 0.3) is 0 Å². The van der Waals surface area contributed by atoms with E-state index in [1.54, 1.807) is 6.92 Å². The molecule has 84 valence electrons. The van der Waals surface area contributed by atoms with Gasteiger partial charge in [-0.1, -0.05) is 6.07 Å². The summed E-state index contributed by atoms with van der Waals surface area (Å²) >= 11 is 0. The Labute approximate surface area is 96.9 Å². The molecule has 1 aromatic carbocycles. The Bertz CT molecular complexity index is 455. The van der Waals surface area contributed by atoms with E-state index in [0.29, 0.717) is 6.42 Å². The Kier molecular flexibility index (Phi) is 3.84. The largest absolute Gasteiger partial charge is 0.294 e. The summed E-state index contributed by atoms with van der Waals surface area (Å²) in [6.45, 7) is 7.75. The van der Waals surface area contributed by atoms with Gasteiger partial charge >= 0.3 is 0 Å². The minimum atomic E-state index is -0.214. The topological polar surface area (TPSA) is 40.9 Å². The summed E-state index contributed by atoms with van der Waals surface area (Å²) in [5, 5.41) is 8.70. The number of aryl methyl sites for hydroxylation is 3. The summed E-state index contributed by atoms with van der Waals surface area (Å²) < 4.78 is 0. The summed E-state index contributed by atoms with van der Waals surface area (Å²) in [7, 11) is 0. The van der Waals surface area contributed by atoms with Crippen molar-refractivity contribution < 1.29 is 4.79 Å². The second-order valence-electron chi connectivity index (χ2n) is 4.41. The molecular formula is C14H17NO. The molecule has 0 aliphatic rings. The number of ketones is 1. The van der Waals surface area contributed by atoms with E-state index in [1.807, 2.05) is 32.9 Å². The quantitative estimate of drug-likeness (QED) is 0.725. The van der Waals surface area contributed by atoms with E-state index in [1.165, 1.54) is 5.56 Å². The zero-order valence-corrected chi connectivity index (χ0v) is 10.3. The van der Waals surface area contributed by atoms with Gasteiger partial charge in [0.2, 0.25) is 0 Å². The second kappa shape index (κ2) is 4.94. The Morgan fingerprint density at radius 1 is 1.25 bits per heavy atom. The normalized spacial score (nSPS) is 11.9. The molecule has 0 N–H and O–H groups in total. The first-order chi connectivity index (χ1) is 7.45. The monoisotopic (exact) mass is 215 g/mol. The van der Waals surface area contributed by atoms with E-state index in [-0.39, 0.29) is 11.7 Å². The molecule has 0 bridgehead atoms. The van der Waals surface area contributed by atoms with Crippen molar-refractivity contribution in [2.45, 2.75) is 34.1 Å². The molecule has 0 amide bonds. The first-order valence-electron chi connectivity index (χ1n) is 5.46. The number of rotatable bonds is 3. The third-order valence-corrected chi connectivity index (χ3v) is 2.85. The van der Waals surface area contributed by atoms with Gasteiger partial charge in [-0.05, 0) is 50.5 Å². The van der Waals surface area contributed by atoms with Crippen molar-refractivity contribution in [3.8, 4) is 6.07 Å². The SMILES string of the molecule is Cc1cc(C)c(C(=O)CC(C)C#N)cc1C. The van der Waals surface area contributed by atoms with Crippen molar-refractivity contribution in [1.82, 2.24) is 0 Å². The van der Waals surface area contributed by atoms with Gasteiger partial charge in [-0.2, -0.15) is 5.26 Å². The summed E-state index contributed by atoms with van der Waals surface area (Å²) in [5.74, 6) is -0.150. The predicted octanol–water partition coefficient (Wildman–Crippen LogP) is 3.34. The fourth-order valence-electron chi connectivity index (χ4n) is 1.69. The molecular weight excluding hydrogens is 198 g/mol. The van der Waals surface area contributed by atoms with Gasteiger partial charge in [-0.25, -0.2) is 0 Å². The molecule has 0 aliphatic carbocycles. The highest BCUT2D eigenvalue weighted by molar-refractivity contribution is 5.98. The Morgan fingerprint density at radius 2 is 1.81 bits per heavy atom. The zero-order chi connectivity index (χ0) is 12.3. The van der Waals surface area contributed by atoms with Crippen molar-refractivity contribution in [2.75, 3.05) is 0 Å². The number of hydrogen-bond donors (Lipinski definition) is 0. The molecule has 0 saturated carbocycles. The second-order valence-corrected chi connectivity index (χ2v) is 4.41. The molecule has 2 heteroatoms. The van der Waals surface area contributed by atoms with Crippen LogP contribution in [0.3, 0.4) is 0 Å². The van der Waals surface area contributed by atoms with E-state index in [4.69, 9.17) is 5.26 Å². The summed E-state index contributed by atoms with van der Waals surface area (Å²) in [6.07, 6.45) is 0.305. The average molecular weight is 215 g/mol. The first-order valence-corrected chi connectivity index (χ1v) is 5.46. The average Bonchev–Trinajstić information content (AvgIpc) is 2.23. The fourth-order valence-corrected chi connectivity index (χ4v) is 1.69. The maximum atomic E-state index is 11.9. The van der Waals surface area contributed by atoms with Crippen LogP contribution in [0.4, 0.5) is 0 Å². The van der Waals surface area contributed by atoms with Gasteiger partial charge in [-0.15, -0.1) is 0 Å². The van der Waals surface area contributed by atoms with Crippen LogP contribution in [-0.4, -0.2) is 5.78 Å². The molecule has 1 aromatic rings. The van der Waals surface area contributed by atoms with Gasteiger partial charge in [0, 0.05) is 12.0 Å². The molecule has 1 unspecified atom stereocenters. The van der Waals surface area contributed by atoms with Crippen LogP contribution in [0.1, 0.15) is 40.4 Å². The van der Waals surface area contributed by atoms with Crippen LogP contribution < -0.4 is 0 Å². The number of carbonyl (C=O) groups excluding carboxylic acids is 1. The molecule has 0 aromatic heterocycles. The smallest absolute Gasteiger partial charge is 0.164 e. The Balaban J connectivity index is 3.01. The number of Topliss-reactive ketones (excluding diaryl/α,β-unsaturated/α-hetero) is 1. The maximum Gasteiger partial charge on any atom is 0.164 e. The van der Waals surface area contributed by atoms with Crippen LogP contribution in [0.5, 0.6) is 0 Å². The summed E-state index contributed by atoms with van der Waals surface area (Å²) in [6, 6.07) is 6.05. The highest BCUT2D eigenvalue weighted by atomic mass is 16.1. The standard InChI is InChI=1S/C14H17NO/c1-9(8-15)5-14(16)13-7-11(3)10(2)6-12(13)4/h6-7,9H,5H2,1-4H3. The van der Waals surface area contributed by atoms with Gasteiger partial charge in [0.25, 0.3) is 0 Å². The van der Waals surface area contributed by atoms with Crippen LogP contribution in [0, 0.1) is 38.0 Å². The van der Waals surface area contributed by atoms with Crippen LogP contribution in [-0.2, 0) is 0 Å². The third kappa shape index (κ3) is 2.70. The van der Waals surface area contributed by atoms with Gasteiger partial charge in [0.15, 0.2) is 5.78 Å². The Hall–Kier alpha value is -1.62. The number of hydrogen-bond acceptors (Lipinski definition) is 2. The maximum absolute atomic E-state index is 11.9. The number of nitrogens with zero attached hydrogens (tertiary/aromatic N) is 1. The highest BCUT2D eigenvalue weighted by Crippen LogP contribution is 2.18. The third-order valence-electron chi connectivity index (χ3n) is 2.85. The molecule has 2 nitrogen and oxygen atoms in total. The van der Waals surface area contributed by atoms with Crippen molar-refractivity contribution in [2.24, 2.45) is 5.92 Å². The molecule has 0 fully saturated rings. The lowest BCUT2D eigenvalue weighted by Crippen LogP contribution is -2.07. The molecule has 0 saturated heterocycles. The van der Waals surface area contributed by atoms with Crippen molar-refractivity contribution >= 4 is 5.78 Å². The van der Waals surface area contributed by atoms with E-state index in [9.17, 15) is 4.79 Å². The zero-order valence-electron chi connectivity index (χ0n) is 10.3. The lowest BCUT2D eigenvalue weighted by molar-refractivity contribution is 0.0972. The number of nitriles is 1. The first kappa shape index (κ1) is 12.4. The molecule has 0 aliphatic heterocycles. The Morgan fingerprint density at radius 3 is 2.38 bits per heavy atom. The number of carbonyl (C=O) groups is 1. The summed E-state index contributed by atoms with van der Waals surface area (Å²) in [4.78, 5) is 11.9. The highest BCUT2D eigenvalue weighted by Gasteiger charge is 2.13. The molecule has 0 spiro atoms. The van der Waals surface area contributed by atoms with E-state index < -0.39 is 0 Å². The van der Waals surface area contributed by atoms with Gasteiger partial charge in [0.05, 0.1) is 12.0 Å². The van der Waals surface area contributed by atoms with E-state index in [0.717, 1.165) is 16.7 Å². The van der Waals surface area contributed by atoms with Crippen LogP contribution in [0.2, 0.25) is 0 Å². The molecule has 1 rings (SSSR count). The van der Waals surface area contributed by atoms with Crippen molar-refractivity contribution in [3.05, 3.63) is 34.4 Å². The van der Waals surface area contributed by atoms with Gasteiger partial charge < -0.3 is 0 Å². The summed E-state index contributed by atoms with van der Waals surface area (Å²) in [5.41, 5.74) is 4.07. The predicted molar refractivity (Wildman–Crippen MR) is 64.4 cm³/mol. The van der Waals surface area contributed by atoms with Crippen molar-refractivity contribution in [3.63, 3.8) is 0 Å².